The minimum atomic E-state index is -1.15. The lowest BCUT2D eigenvalue weighted by molar-refractivity contribution is 0.330. The first-order chi connectivity index (χ1) is 18.0. The lowest BCUT2D eigenvalue weighted by Gasteiger charge is -2.30. The number of hydrogen-bond donors (Lipinski definition) is 2. The average Bonchev–Trinajstić information content (AvgIpc) is 3.51. The van der Waals surface area contributed by atoms with Crippen molar-refractivity contribution in [3.8, 4) is 11.3 Å². The van der Waals surface area contributed by atoms with E-state index in [9.17, 15) is 4.21 Å². The van der Waals surface area contributed by atoms with Crippen LogP contribution >= 0.6 is 11.8 Å². The predicted molar refractivity (Wildman–Crippen MR) is 153 cm³/mol. The number of allylic oxidation sites excluding steroid dienone is 2. The SMILES string of the molecule is C/C=C(/Nc1nc(C2=CCCNC2)cn2c(-c3cnn(C)c3)cnc12)S/C(=C(/C)CC)S(=O)N1CCC1. The number of nitrogens with one attached hydrogen (secondary N) is 2. The van der Waals surface area contributed by atoms with E-state index in [2.05, 4.69) is 46.3 Å². The first-order valence-corrected chi connectivity index (χ1v) is 14.7. The Hall–Kier alpha value is -2.73. The molecule has 0 aliphatic carbocycles. The quantitative estimate of drug-likeness (QED) is 0.414. The highest BCUT2D eigenvalue weighted by atomic mass is 32.2. The van der Waals surface area contributed by atoms with Gasteiger partial charge in [-0.15, -0.1) is 0 Å². The molecular formula is C26H34N8OS2. The molecule has 0 saturated carbocycles. The minimum absolute atomic E-state index is 0.669. The van der Waals surface area contributed by atoms with Crippen LogP contribution < -0.4 is 10.6 Å². The highest BCUT2D eigenvalue weighted by molar-refractivity contribution is 8.18. The first kappa shape index (κ1) is 25.9. The van der Waals surface area contributed by atoms with Crippen molar-refractivity contribution in [2.24, 2.45) is 7.05 Å². The summed E-state index contributed by atoms with van der Waals surface area (Å²) < 4.78 is 20.1. The predicted octanol–water partition coefficient (Wildman–Crippen LogP) is 4.52. The second-order valence-corrected chi connectivity index (χ2v) is 12.0. The van der Waals surface area contributed by atoms with Crippen molar-refractivity contribution in [2.45, 2.75) is 40.0 Å². The molecule has 0 radical (unpaired) electrons. The van der Waals surface area contributed by atoms with E-state index in [4.69, 9.17) is 9.97 Å². The molecule has 0 spiro atoms. The van der Waals surface area contributed by atoms with Crippen LogP contribution in [0.3, 0.4) is 0 Å². The zero-order valence-electron chi connectivity index (χ0n) is 21.8. The number of nitrogens with zero attached hydrogens (tertiary/aromatic N) is 6. The van der Waals surface area contributed by atoms with Crippen LogP contribution in [0.2, 0.25) is 0 Å². The average molecular weight is 539 g/mol. The van der Waals surface area contributed by atoms with Crippen molar-refractivity contribution in [3.63, 3.8) is 0 Å². The van der Waals surface area contributed by atoms with Gasteiger partial charge in [-0.05, 0) is 50.8 Å². The third-order valence-corrected chi connectivity index (χ3v) is 9.91. The summed E-state index contributed by atoms with van der Waals surface area (Å²) in [5.41, 5.74) is 5.88. The van der Waals surface area contributed by atoms with Gasteiger partial charge in [0.15, 0.2) is 11.5 Å². The van der Waals surface area contributed by atoms with Crippen LogP contribution in [0.4, 0.5) is 5.82 Å². The number of aryl methyl sites for hydroxylation is 1. The lowest BCUT2D eigenvalue weighted by Crippen LogP contribution is -2.38. The van der Waals surface area contributed by atoms with E-state index in [1.165, 1.54) is 11.8 Å². The number of anilines is 1. The molecule has 3 aromatic heterocycles. The van der Waals surface area contributed by atoms with Gasteiger partial charge in [-0.1, -0.05) is 30.8 Å². The molecule has 2 aliphatic heterocycles. The second kappa shape index (κ2) is 11.3. The molecule has 2 N–H and O–H groups in total. The Labute approximate surface area is 224 Å². The van der Waals surface area contributed by atoms with E-state index in [0.717, 1.165) is 88.5 Å². The fraction of sp³-hybridized carbons (Fsp3) is 0.423. The van der Waals surface area contributed by atoms with E-state index in [1.807, 2.05) is 42.9 Å². The monoisotopic (exact) mass is 538 g/mol. The molecule has 3 aromatic rings. The van der Waals surface area contributed by atoms with Crippen molar-refractivity contribution in [1.82, 2.24) is 33.8 Å². The Morgan fingerprint density at radius 2 is 2.14 bits per heavy atom. The Morgan fingerprint density at radius 3 is 2.76 bits per heavy atom. The number of fused-ring (bicyclic) bond motifs is 1. The van der Waals surface area contributed by atoms with Crippen molar-refractivity contribution in [3.05, 3.63) is 57.5 Å². The summed E-state index contributed by atoms with van der Waals surface area (Å²) in [7, 11) is 0.758. The summed E-state index contributed by atoms with van der Waals surface area (Å²) in [4.78, 5) is 9.77. The van der Waals surface area contributed by atoms with Gasteiger partial charge in [-0.2, -0.15) is 5.10 Å². The van der Waals surface area contributed by atoms with Crippen molar-refractivity contribution in [1.29, 1.82) is 0 Å². The number of aromatic nitrogens is 5. The van der Waals surface area contributed by atoms with Crippen LogP contribution in [-0.2, 0) is 18.0 Å². The van der Waals surface area contributed by atoms with E-state index >= 15 is 0 Å². The van der Waals surface area contributed by atoms with E-state index in [-0.39, 0.29) is 0 Å². The molecule has 1 fully saturated rings. The van der Waals surface area contributed by atoms with Crippen molar-refractivity contribution < 1.29 is 4.21 Å². The van der Waals surface area contributed by atoms with Gasteiger partial charge >= 0.3 is 0 Å². The zero-order valence-corrected chi connectivity index (χ0v) is 23.5. The van der Waals surface area contributed by atoms with Crippen LogP contribution in [0.15, 0.2) is 51.8 Å². The van der Waals surface area contributed by atoms with Crippen LogP contribution in [0.1, 0.15) is 45.7 Å². The summed E-state index contributed by atoms with van der Waals surface area (Å²) >= 11 is 1.53. The molecule has 5 rings (SSSR count). The highest BCUT2D eigenvalue weighted by Crippen LogP contribution is 2.36. The summed E-state index contributed by atoms with van der Waals surface area (Å²) in [6.45, 7) is 9.68. The molecule has 196 valence electrons. The van der Waals surface area contributed by atoms with Crippen LogP contribution in [0, 0.1) is 0 Å². The zero-order chi connectivity index (χ0) is 25.9. The maximum absolute atomic E-state index is 13.3. The minimum Gasteiger partial charge on any atom is -0.332 e. The molecule has 0 bridgehead atoms. The van der Waals surface area contributed by atoms with Gasteiger partial charge in [-0.3, -0.25) is 9.08 Å². The van der Waals surface area contributed by atoms with Gasteiger partial charge in [0.05, 0.1) is 33.0 Å². The van der Waals surface area contributed by atoms with Gasteiger partial charge in [0.1, 0.15) is 11.0 Å². The summed E-state index contributed by atoms with van der Waals surface area (Å²) in [6, 6.07) is 0. The summed E-state index contributed by atoms with van der Waals surface area (Å²) in [5, 5.41) is 12.2. The number of rotatable bonds is 9. The molecule has 11 heteroatoms. The molecule has 1 unspecified atom stereocenters. The molecule has 1 saturated heterocycles. The van der Waals surface area contributed by atoms with Gasteiger partial charge in [0, 0.05) is 44.6 Å². The van der Waals surface area contributed by atoms with E-state index < -0.39 is 11.0 Å². The van der Waals surface area contributed by atoms with Crippen molar-refractivity contribution in [2.75, 3.05) is 31.5 Å². The second-order valence-electron chi connectivity index (χ2n) is 9.24. The number of thioether (sulfide) groups is 1. The van der Waals surface area contributed by atoms with Crippen LogP contribution in [-0.4, -0.2) is 58.8 Å². The fourth-order valence-electron chi connectivity index (χ4n) is 4.19. The van der Waals surface area contributed by atoms with Gasteiger partial charge < -0.3 is 10.6 Å². The molecular weight excluding hydrogens is 504 g/mol. The number of imidazole rings is 1. The molecule has 5 heterocycles. The lowest BCUT2D eigenvalue weighted by atomic mass is 10.1. The molecule has 9 nitrogen and oxygen atoms in total. The molecule has 1 atom stereocenters. The standard InChI is InChI=1S/C26H34N8OS2/c1-5-18(3)26(37(35)33-11-8-12-33)36-23(6-2)31-24-25-28-15-22(20-14-29-32(4)16-20)34(25)17-21(30-24)19-9-7-10-27-13-19/h6,9,14-17,27H,5,7-8,10-13H2,1-4H3,(H,30,31)/b23-6-,26-18+. The summed E-state index contributed by atoms with van der Waals surface area (Å²) in [5.74, 6) is 0.669. The fourth-order valence-corrected chi connectivity index (χ4v) is 7.11. The maximum Gasteiger partial charge on any atom is 0.180 e. The topological polar surface area (TPSA) is 92.4 Å². The van der Waals surface area contributed by atoms with E-state index in [0.29, 0.717) is 5.82 Å². The summed E-state index contributed by atoms with van der Waals surface area (Å²) in [6.07, 6.45) is 14.9. The Bertz CT molecular complexity index is 1410. The van der Waals surface area contributed by atoms with E-state index in [1.54, 1.807) is 4.68 Å². The maximum atomic E-state index is 13.3. The number of hydrogen-bond acceptors (Lipinski definition) is 7. The highest BCUT2D eigenvalue weighted by Gasteiger charge is 2.26. The Morgan fingerprint density at radius 1 is 1.30 bits per heavy atom. The van der Waals surface area contributed by atoms with Gasteiger partial charge in [-0.25, -0.2) is 18.5 Å². The largest absolute Gasteiger partial charge is 0.332 e. The third kappa shape index (κ3) is 5.45. The Balaban J connectivity index is 1.54. The Kier molecular flexibility index (Phi) is 7.94. The van der Waals surface area contributed by atoms with Gasteiger partial charge in [0.25, 0.3) is 0 Å². The van der Waals surface area contributed by atoms with Gasteiger partial charge in [0.2, 0.25) is 0 Å². The first-order valence-electron chi connectivity index (χ1n) is 12.7. The molecule has 2 aliphatic rings. The smallest absolute Gasteiger partial charge is 0.180 e. The molecule has 0 amide bonds. The normalized spacial score (nSPS) is 18.4. The van der Waals surface area contributed by atoms with Crippen molar-refractivity contribution >= 4 is 39.8 Å². The molecule has 37 heavy (non-hydrogen) atoms. The van der Waals surface area contributed by atoms with Crippen LogP contribution in [0.5, 0.6) is 0 Å². The van der Waals surface area contributed by atoms with Crippen LogP contribution in [0.25, 0.3) is 22.5 Å². The molecule has 0 aromatic carbocycles. The third-order valence-electron chi connectivity index (χ3n) is 6.64.